The zero-order valence-electron chi connectivity index (χ0n) is 34.6. The molecule has 0 atom stereocenters. The van der Waals surface area contributed by atoms with Crippen molar-refractivity contribution in [3.8, 4) is 0 Å². The van der Waals surface area contributed by atoms with Crippen LogP contribution in [0.4, 0.5) is 14.4 Å². The second kappa shape index (κ2) is 20.3. The van der Waals surface area contributed by atoms with E-state index in [0.29, 0.717) is 6.42 Å². The van der Waals surface area contributed by atoms with Gasteiger partial charge in [-0.3, -0.25) is 0 Å². The fourth-order valence-electron chi connectivity index (χ4n) is 5.26. The van der Waals surface area contributed by atoms with Crippen LogP contribution in [0.3, 0.4) is 0 Å². The first-order chi connectivity index (χ1) is 27.0. The fraction of sp³-hybridized carbons (Fsp3) is 0.400. The molecule has 0 saturated carbocycles. The van der Waals surface area contributed by atoms with E-state index >= 15 is 0 Å². The van der Waals surface area contributed by atoms with Crippen molar-refractivity contribution in [1.82, 2.24) is 0 Å². The van der Waals surface area contributed by atoms with Gasteiger partial charge in [-0.15, -0.1) is 0 Å². The maximum Gasteiger partial charge on any atom is 0.549 e. The first-order valence-electron chi connectivity index (χ1n) is 18.5. The summed E-state index contributed by atoms with van der Waals surface area (Å²) in [6, 6.07) is 20.1. The van der Waals surface area contributed by atoms with Crippen molar-refractivity contribution < 1.29 is 72.3 Å². The van der Waals surface area contributed by atoms with Gasteiger partial charge in [0.1, 0.15) is 19.8 Å². The van der Waals surface area contributed by atoms with E-state index in [4.69, 9.17) is 14.2 Å². The van der Waals surface area contributed by atoms with E-state index in [-0.39, 0.29) is 23.1 Å². The Bertz CT molecular complexity index is 1680. The van der Waals surface area contributed by atoms with Gasteiger partial charge in [-0.2, -0.15) is 14.4 Å². The van der Waals surface area contributed by atoms with Gasteiger partial charge in [0.25, 0.3) is 0 Å². The lowest BCUT2D eigenvalue weighted by molar-refractivity contribution is -0.217. The molecule has 0 heterocycles. The molecule has 314 valence electrons. The van der Waals surface area contributed by atoms with Crippen molar-refractivity contribution in [2.24, 2.45) is 5.41 Å². The molecule has 0 saturated heterocycles. The first-order valence-corrected chi connectivity index (χ1v) is 29.0. The van der Waals surface area contributed by atoms with Crippen LogP contribution < -0.4 is 15.6 Å². The molecule has 0 radical (unpaired) electrons. The van der Waals surface area contributed by atoms with Crippen molar-refractivity contribution in [2.45, 2.75) is 78.7 Å². The third-order valence-electron chi connectivity index (χ3n) is 8.79. The minimum atomic E-state index is -1.63. The van der Waals surface area contributed by atoms with Crippen molar-refractivity contribution >= 4 is 76.2 Å². The molecular formula is C40H52O15Si3. The topological polar surface area (TPSA) is 185 Å². The number of benzene rings is 3. The summed E-state index contributed by atoms with van der Waals surface area (Å²) in [6.07, 6.45) is -3.89. The summed E-state index contributed by atoms with van der Waals surface area (Å²) in [5.41, 5.74) is -1.12. The molecule has 0 N–H and O–H groups in total. The molecule has 0 aliphatic heterocycles. The fourth-order valence-corrected chi connectivity index (χ4v) is 8.76. The Hall–Kier alpha value is -5.47. The molecule has 0 aliphatic carbocycles. The molecule has 0 amide bonds. The summed E-state index contributed by atoms with van der Waals surface area (Å²) in [7, 11) is -4.89. The molecule has 15 nitrogen and oxygen atoms in total. The van der Waals surface area contributed by atoms with Crippen molar-refractivity contribution in [2.75, 3.05) is 19.8 Å². The summed E-state index contributed by atoms with van der Waals surface area (Å²) in [4.78, 5) is 103. The number of carbonyl (C=O) groups excluding carboxylic acids is 6. The lowest BCUT2D eigenvalue weighted by Crippen LogP contribution is -2.40. The normalized spacial score (nSPS) is 11.7. The largest absolute Gasteiger partial charge is 0.549 e. The Balaban J connectivity index is 1.65. The van der Waals surface area contributed by atoms with Crippen LogP contribution in [0, 0.1) is 5.41 Å². The SMILES string of the molecule is CCCC(COC(=O)OOC(=O)c1ccc([Si](C)(C)C)cc1)(COC(=O)OOC(=O)c1ccc([Si](C)(C)C)cc1)COC(=O)OOC(=O)c1ccc([Si](C)(C)C)cc1. The van der Waals surface area contributed by atoms with E-state index in [9.17, 15) is 28.8 Å². The van der Waals surface area contributed by atoms with Crippen LogP contribution in [0.15, 0.2) is 72.8 Å². The van der Waals surface area contributed by atoms with E-state index in [1.807, 2.05) is 0 Å². The lowest BCUT2D eigenvalue weighted by Gasteiger charge is -2.30. The minimum Gasteiger partial charge on any atom is -0.431 e. The molecular weight excluding hydrogens is 805 g/mol. The molecule has 3 aromatic carbocycles. The summed E-state index contributed by atoms with van der Waals surface area (Å²) in [6.45, 7) is 19.2. The number of ether oxygens (including phenoxy) is 3. The zero-order valence-corrected chi connectivity index (χ0v) is 37.6. The maximum absolute atomic E-state index is 12.6. The van der Waals surface area contributed by atoms with Crippen molar-refractivity contribution in [1.29, 1.82) is 0 Å². The minimum absolute atomic E-state index is 0.0799. The summed E-state index contributed by atoms with van der Waals surface area (Å²) in [5.74, 6) is -2.88. The van der Waals surface area contributed by atoms with E-state index in [1.165, 1.54) is 0 Å². The van der Waals surface area contributed by atoms with Crippen LogP contribution in [0.2, 0.25) is 58.9 Å². The highest BCUT2D eigenvalue weighted by atomic mass is 28.3. The van der Waals surface area contributed by atoms with E-state index in [0.717, 1.165) is 15.6 Å². The molecule has 58 heavy (non-hydrogen) atoms. The highest BCUT2D eigenvalue weighted by molar-refractivity contribution is 6.89. The van der Waals surface area contributed by atoms with Crippen LogP contribution in [0.1, 0.15) is 50.8 Å². The van der Waals surface area contributed by atoms with Gasteiger partial charge in [-0.25, -0.2) is 43.7 Å². The summed E-state index contributed by atoms with van der Waals surface area (Å²) >= 11 is 0. The standard InChI is InChI=1S/C40H52O15Si3/c1-11-24-40(25-47-37(44)53-50-34(41)28-12-18-31(19-13-28)56(2,3)4,26-48-38(45)54-51-35(42)29-14-20-32(21-15-29)57(5,6)7)27-49-39(46)55-52-36(43)30-16-22-33(23-17-30)58(8,9)10/h12-23H,11,24-27H2,1-10H3. The Morgan fingerprint density at radius 1 is 0.414 bits per heavy atom. The molecule has 3 aromatic rings. The number of rotatable bonds is 14. The number of carbonyl (C=O) groups is 6. The predicted octanol–water partition coefficient (Wildman–Crippen LogP) is 7.18. The number of hydrogen-bond acceptors (Lipinski definition) is 15. The van der Waals surface area contributed by atoms with Gasteiger partial charge in [0.05, 0.1) is 46.3 Å². The second-order valence-electron chi connectivity index (χ2n) is 16.7. The molecule has 0 aromatic heterocycles. The van der Waals surface area contributed by atoms with Crippen LogP contribution in [-0.2, 0) is 43.5 Å². The predicted molar refractivity (Wildman–Crippen MR) is 219 cm³/mol. The van der Waals surface area contributed by atoms with Crippen LogP contribution in [-0.4, -0.2) is 80.4 Å². The van der Waals surface area contributed by atoms with Gasteiger partial charge < -0.3 is 14.2 Å². The Kier molecular flexibility index (Phi) is 16.4. The van der Waals surface area contributed by atoms with E-state index in [2.05, 4.69) is 88.2 Å². The first kappa shape index (κ1) is 46.9. The van der Waals surface area contributed by atoms with Gasteiger partial charge in [0.2, 0.25) is 0 Å². The third-order valence-corrected chi connectivity index (χ3v) is 15.0. The van der Waals surface area contributed by atoms with Crippen LogP contribution >= 0.6 is 0 Å². The van der Waals surface area contributed by atoms with Gasteiger partial charge in [-0.1, -0.05) is 124 Å². The second-order valence-corrected chi connectivity index (χ2v) is 31.9. The molecule has 0 bridgehead atoms. The Morgan fingerprint density at radius 3 is 0.862 bits per heavy atom. The van der Waals surface area contributed by atoms with Gasteiger partial charge in [-0.05, 0) is 42.8 Å². The zero-order chi connectivity index (χ0) is 43.3. The van der Waals surface area contributed by atoms with Gasteiger partial charge >= 0.3 is 36.4 Å². The summed E-state index contributed by atoms with van der Waals surface area (Å²) < 4.78 is 15.6. The van der Waals surface area contributed by atoms with Crippen LogP contribution in [0.5, 0.6) is 0 Å². The molecule has 0 unspecified atom stereocenters. The number of hydrogen-bond donors (Lipinski definition) is 0. The quantitative estimate of drug-likeness (QED) is 0.0521. The Labute approximate surface area is 340 Å². The van der Waals surface area contributed by atoms with Crippen LogP contribution in [0.25, 0.3) is 0 Å². The van der Waals surface area contributed by atoms with Gasteiger partial charge in [0.15, 0.2) is 0 Å². The average molecular weight is 857 g/mol. The lowest BCUT2D eigenvalue weighted by atomic mass is 9.86. The Morgan fingerprint density at radius 2 is 0.655 bits per heavy atom. The third kappa shape index (κ3) is 14.8. The van der Waals surface area contributed by atoms with E-state index in [1.54, 1.807) is 79.7 Å². The highest BCUT2D eigenvalue weighted by Crippen LogP contribution is 2.27. The maximum atomic E-state index is 12.6. The van der Waals surface area contributed by atoms with E-state index < -0.39 is 85.8 Å². The molecule has 0 fully saturated rings. The van der Waals surface area contributed by atoms with Crippen molar-refractivity contribution in [3.63, 3.8) is 0 Å². The molecule has 0 aliphatic rings. The van der Waals surface area contributed by atoms with Gasteiger partial charge in [0, 0.05) is 0 Å². The van der Waals surface area contributed by atoms with Crippen molar-refractivity contribution in [3.05, 3.63) is 89.5 Å². The summed E-state index contributed by atoms with van der Waals surface area (Å²) in [5, 5.41) is 3.30. The smallest absolute Gasteiger partial charge is 0.431 e. The molecule has 3 rings (SSSR count). The highest BCUT2D eigenvalue weighted by Gasteiger charge is 2.37. The average Bonchev–Trinajstić information content (AvgIpc) is 3.17. The monoisotopic (exact) mass is 856 g/mol. The molecule has 0 spiro atoms. The molecule has 18 heteroatoms.